The Bertz CT molecular complexity index is 1160. The average molecular weight is 444 g/mol. The van der Waals surface area contributed by atoms with E-state index in [1.807, 2.05) is 43.3 Å². The molecule has 0 spiro atoms. The van der Waals surface area contributed by atoms with Crippen molar-refractivity contribution < 1.29 is 24.3 Å². The maximum atomic E-state index is 13.6. The van der Waals surface area contributed by atoms with Crippen molar-refractivity contribution in [2.45, 2.75) is 25.5 Å². The summed E-state index contributed by atoms with van der Waals surface area (Å²) in [7, 11) is 0. The molecular formula is C26H24N2O5. The topological polar surface area (TPSA) is 79.3 Å². The quantitative estimate of drug-likeness (QED) is 0.573. The standard InChI is InChI=1S/C26H24N2O5/c1-2-15-32-21-13-11-18(12-14-21)27-25(30)22-23(17-7-6-10-20(29)16-17)28(33-24(22)26(27)31)19-8-4-3-5-9-19/h3-14,16,22-24,29H,2,15H2,1H3/t22-,23-,24-/m1/s1. The number of nitrogens with zero attached hydrogens (tertiary/aromatic N) is 2. The van der Waals surface area contributed by atoms with Gasteiger partial charge in [-0.1, -0.05) is 37.3 Å². The number of phenolic OH excluding ortho intramolecular Hbond substituents is 1. The van der Waals surface area contributed by atoms with Crippen LogP contribution >= 0.6 is 0 Å². The fourth-order valence-electron chi connectivity index (χ4n) is 4.43. The molecule has 2 aliphatic heterocycles. The lowest BCUT2D eigenvalue weighted by Gasteiger charge is -2.28. The van der Waals surface area contributed by atoms with Crippen LogP contribution in [0.15, 0.2) is 78.9 Å². The van der Waals surface area contributed by atoms with Crippen molar-refractivity contribution in [3.63, 3.8) is 0 Å². The Hall–Kier alpha value is -3.84. The van der Waals surface area contributed by atoms with E-state index in [1.165, 1.54) is 4.90 Å². The van der Waals surface area contributed by atoms with E-state index in [1.54, 1.807) is 47.5 Å². The van der Waals surface area contributed by atoms with Gasteiger partial charge in [0, 0.05) is 0 Å². The lowest BCUT2D eigenvalue weighted by Crippen LogP contribution is -2.37. The van der Waals surface area contributed by atoms with Crippen LogP contribution in [0.3, 0.4) is 0 Å². The molecule has 2 amide bonds. The largest absolute Gasteiger partial charge is 0.508 e. The molecule has 7 heteroatoms. The average Bonchev–Trinajstić information content (AvgIpc) is 3.35. The second-order valence-corrected chi connectivity index (χ2v) is 8.11. The van der Waals surface area contributed by atoms with Crippen LogP contribution in [0.5, 0.6) is 11.5 Å². The van der Waals surface area contributed by atoms with Gasteiger partial charge in [0.25, 0.3) is 5.91 Å². The van der Waals surface area contributed by atoms with E-state index in [2.05, 4.69) is 0 Å². The molecule has 3 aromatic carbocycles. The number of hydrogen-bond acceptors (Lipinski definition) is 6. The van der Waals surface area contributed by atoms with Crippen LogP contribution in [0.25, 0.3) is 0 Å². The molecule has 2 saturated heterocycles. The van der Waals surface area contributed by atoms with Crippen LogP contribution < -0.4 is 14.7 Å². The molecule has 3 aromatic rings. The van der Waals surface area contributed by atoms with Crippen molar-refractivity contribution in [2.75, 3.05) is 16.6 Å². The molecule has 0 aromatic heterocycles. The van der Waals surface area contributed by atoms with Crippen molar-refractivity contribution in [1.29, 1.82) is 0 Å². The number of ether oxygens (including phenoxy) is 1. The second kappa shape index (κ2) is 8.60. The summed E-state index contributed by atoms with van der Waals surface area (Å²) in [5.74, 6) is -0.727. The fourth-order valence-corrected chi connectivity index (χ4v) is 4.43. The van der Waals surface area contributed by atoms with E-state index in [-0.39, 0.29) is 11.7 Å². The number of para-hydroxylation sites is 1. The van der Waals surface area contributed by atoms with E-state index in [0.29, 0.717) is 23.6 Å². The summed E-state index contributed by atoms with van der Waals surface area (Å²) in [6, 6.07) is 22.4. The van der Waals surface area contributed by atoms with E-state index in [9.17, 15) is 14.7 Å². The third-order valence-electron chi connectivity index (χ3n) is 5.91. The molecule has 0 bridgehead atoms. The van der Waals surface area contributed by atoms with Crippen LogP contribution in [0.4, 0.5) is 11.4 Å². The van der Waals surface area contributed by atoms with Crippen LogP contribution in [0.2, 0.25) is 0 Å². The Labute approximate surface area is 191 Å². The first kappa shape index (κ1) is 21.0. The number of fused-ring (bicyclic) bond motifs is 1. The monoisotopic (exact) mass is 444 g/mol. The predicted molar refractivity (Wildman–Crippen MR) is 123 cm³/mol. The second-order valence-electron chi connectivity index (χ2n) is 8.11. The van der Waals surface area contributed by atoms with Gasteiger partial charge < -0.3 is 9.84 Å². The van der Waals surface area contributed by atoms with Crippen LogP contribution in [-0.4, -0.2) is 29.6 Å². The molecule has 3 atom stereocenters. The number of rotatable bonds is 6. The van der Waals surface area contributed by atoms with Crippen molar-refractivity contribution in [1.82, 2.24) is 0 Å². The van der Waals surface area contributed by atoms with Crippen molar-refractivity contribution in [3.05, 3.63) is 84.4 Å². The molecule has 0 saturated carbocycles. The maximum Gasteiger partial charge on any atom is 0.266 e. The van der Waals surface area contributed by atoms with E-state index in [4.69, 9.17) is 9.57 Å². The highest BCUT2D eigenvalue weighted by Gasteiger charge is 2.60. The normalized spacial score (nSPS) is 22.0. The molecule has 33 heavy (non-hydrogen) atoms. The van der Waals surface area contributed by atoms with E-state index >= 15 is 0 Å². The number of imide groups is 1. The number of hydroxylamine groups is 1. The maximum absolute atomic E-state index is 13.6. The molecule has 7 nitrogen and oxygen atoms in total. The zero-order chi connectivity index (χ0) is 22.9. The number of amides is 2. The van der Waals surface area contributed by atoms with Crippen molar-refractivity contribution >= 4 is 23.2 Å². The third-order valence-corrected chi connectivity index (χ3v) is 5.91. The Kier molecular flexibility index (Phi) is 5.48. The number of benzene rings is 3. The lowest BCUT2D eigenvalue weighted by molar-refractivity contribution is -0.126. The van der Waals surface area contributed by atoms with Gasteiger partial charge in [-0.2, -0.15) is 0 Å². The van der Waals surface area contributed by atoms with Gasteiger partial charge >= 0.3 is 0 Å². The van der Waals surface area contributed by atoms with Gasteiger partial charge in [0.05, 0.1) is 24.0 Å². The van der Waals surface area contributed by atoms with Crippen LogP contribution in [-0.2, 0) is 14.4 Å². The number of carbonyl (C=O) groups is 2. The smallest absolute Gasteiger partial charge is 0.266 e. The lowest BCUT2D eigenvalue weighted by atomic mass is 9.90. The van der Waals surface area contributed by atoms with Gasteiger partial charge in [0.1, 0.15) is 17.4 Å². The summed E-state index contributed by atoms with van der Waals surface area (Å²) >= 11 is 0. The number of carbonyl (C=O) groups excluding carboxylic acids is 2. The summed E-state index contributed by atoms with van der Waals surface area (Å²) in [6.07, 6.45) is -0.0686. The summed E-state index contributed by atoms with van der Waals surface area (Å²) in [5, 5.41) is 11.7. The Morgan fingerprint density at radius 3 is 2.36 bits per heavy atom. The molecule has 1 N–H and O–H groups in total. The van der Waals surface area contributed by atoms with Gasteiger partial charge in [-0.25, -0.2) is 9.96 Å². The molecule has 0 aliphatic carbocycles. The molecular weight excluding hydrogens is 420 g/mol. The van der Waals surface area contributed by atoms with Gasteiger partial charge in [0.15, 0.2) is 6.10 Å². The minimum absolute atomic E-state index is 0.0836. The summed E-state index contributed by atoms with van der Waals surface area (Å²) < 4.78 is 5.61. The minimum Gasteiger partial charge on any atom is -0.508 e. The third kappa shape index (κ3) is 3.70. The SMILES string of the molecule is CCCOc1ccc(N2C(=O)[C@@H]3[C@@H](c4cccc(O)c4)N(c4ccccc4)O[C@H]3C2=O)cc1. The highest BCUT2D eigenvalue weighted by molar-refractivity contribution is 6.23. The molecule has 2 fully saturated rings. The van der Waals surface area contributed by atoms with Crippen LogP contribution in [0.1, 0.15) is 24.9 Å². The van der Waals surface area contributed by atoms with Gasteiger partial charge in [-0.05, 0) is 60.5 Å². The van der Waals surface area contributed by atoms with Gasteiger partial charge in [-0.15, -0.1) is 0 Å². The Morgan fingerprint density at radius 2 is 1.67 bits per heavy atom. The van der Waals surface area contributed by atoms with E-state index in [0.717, 1.165) is 12.1 Å². The molecule has 5 rings (SSSR count). The van der Waals surface area contributed by atoms with Gasteiger partial charge in [0.2, 0.25) is 5.91 Å². The number of anilines is 2. The Balaban J connectivity index is 1.50. The zero-order valence-corrected chi connectivity index (χ0v) is 18.1. The fraction of sp³-hybridized carbons (Fsp3) is 0.231. The van der Waals surface area contributed by atoms with Crippen molar-refractivity contribution in [3.8, 4) is 11.5 Å². The predicted octanol–water partition coefficient (Wildman–Crippen LogP) is 4.23. The number of phenols is 1. The first-order valence-corrected chi connectivity index (χ1v) is 11.0. The number of hydrogen-bond donors (Lipinski definition) is 1. The minimum atomic E-state index is -0.957. The van der Waals surface area contributed by atoms with Crippen LogP contribution in [0, 0.1) is 5.92 Å². The first-order valence-electron chi connectivity index (χ1n) is 11.0. The summed E-state index contributed by atoms with van der Waals surface area (Å²) in [6.45, 7) is 2.62. The molecule has 0 radical (unpaired) electrons. The molecule has 2 heterocycles. The number of aromatic hydroxyl groups is 1. The summed E-state index contributed by atoms with van der Waals surface area (Å²) in [5.41, 5.74) is 1.90. The molecule has 2 aliphatic rings. The summed E-state index contributed by atoms with van der Waals surface area (Å²) in [4.78, 5) is 34.2. The van der Waals surface area contributed by atoms with Gasteiger partial charge in [-0.3, -0.25) is 14.4 Å². The van der Waals surface area contributed by atoms with Crippen molar-refractivity contribution in [2.24, 2.45) is 5.92 Å². The highest BCUT2D eigenvalue weighted by Crippen LogP contribution is 2.48. The molecule has 168 valence electrons. The Morgan fingerprint density at radius 1 is 0.909 bits per heavy atom. The first-order chi connectivity index (χ1) is 16.1. The zero-order valence-electron chi connectivity index (χ0n) is 18.1. The highest BCUT2D eigenvalue weighted by atomic mass is 16.7. The molecule has 0 unspecified atom stereocenters. The van der Waals surface area contributed by atoms with E-state index < -0.39 is 24.0 Å².